The fraction of sp³-hybridized carbons (Fsp3) is 0.524. The summed E-state index contributed by atoms with van der Waals surface area (Å²) in [4.78, 5) is 27.9. The van der Waals surface area contributed by atoms with Crippen molar-refractivity contribution in [2.75, 3.05) is 18.9 Å². The standard InChI is InChI=1S/C20H30BrN3O5Si.CO.Fe/c1-7-27-17(25)9-8-13-10-16(24-11-14(21)18(22)23-19(24)26)29-15(13)12-28-30(5,6)20(2,3)4;1-2;/h8-11,15-16H,7,12H2,1-6H3,(H2,22,23,26);;/q;;+3/b9-8+;;/t15-,16-;;/m1../s1. The van der Waals surface area contributed by atoms with Gasteiger partial charge in [-0.25, -0.2) is 9.59 Å². The van der Waals surface area contributed by atoms with Crippen LogP contribution in [0.2, 0.25) is 18.1 Å². The van der Waals surface area contributed by atoms with Crippen LogP contribution in [0.3, 0.4) is 0 Å². The van der Waals surface area contributed by atoms with Crippen LogP contribution in [0.5, 0.6) is 0 Å². The van der Waals surface area contributed by atoms with Gasteiger partial charge in [-0.05, 0) is 58.7 Å². The van der Waals surface area contributed by atoms with Gasteiger partial charge in [0.1, 0.15) is 11.9 Å². The summed E-state index contributed by atoms with van der Waals surface area (Å²) >= 11 is 3.29. The summed E-state index contributed by atoms with van der Waals surface area (Å²) in [6, 6.07) is 0. The van der Waals surface area contributed by atoms with Crippen LogP contribution in [0.25, 0.3) is 0 Å². The fourth-order valence-corrected chi connectivity index (χ4v) is 3.81. The summed E-state index contributed by atoms with van der Waals surface area (Å²) in [5.74, 6) is -0.335. The molecule has 2 N–H and O–H groups in total. The third kappa shape index (κ3) is 8.66. The number of anilines is 1. The molecule has 0 fully saturated rings. The molecule has 0 amide bonds. The molecule has 9 nitrogen and oxygen atoms in total. The number of hydrogen-bond donors (Lipinski definition) is 1. The second-order valence-corrected chi connectivity index (χ2v) is 14.2. The number of esters is 1. The van der Waals surface area contributed by atoms with E-state index in [1.165, 1.54) is 16.8 Å². The molecule has 0 aliphatic carbocycles. The first-order valence-corrected chi connectivity index (χ1v) is 13.7. The van der Waals surface area contributed by atoms with E-state index in [9.17, 15) is 9.59 Å². The Balaban J connectivity index is 0.00000332. The number of nitrogens with two attached hydrogens (primary N) is 1. The molecule has 0 unspecified atom stereocenters. The number of halogens is 1. The molecule has 2 atom stereocenters. The van der Waals surface area contributed by atoms with Gasteiger partial charge in [0.2, 0.25) is 0 Å². The number of carbonyl (C=O) groups is 1. The Kier molecular flexibility index (Phi) is 12.8. The topological polar surface area (TPSA) is 126 Å². The van der Waals surface area contributed by atoms with Crippen LogP contribution < -0.4 is 11.4 Å². The number of carbonyl (C=O) groups excluding carboxylic acids is 1. The van der Waals surface area contributed by atoms with Gasteiger partial charge < -0.3 is 19.6 Å². The summed E-state index contributed by atoms with van der Waals surface area (Å²) in [6.07, 6.45) is 5.15. The smallest absolute Gasteiger partial charge is 3.00 e. The van der Waals surface area contributed by atoms with Crippen LogP contribution in [0.1, 0.15) is 33.9 Å². The molecule has 181 valence electrons. The van der Waals surface area contributed by atoms with Crippen molar-refractivity contribution in [1.82, 2.24) is 9.55 Å². The first-order valence-electron chi connectivity index (χ1n) is 9.96. The quantitative estimate of drug-likeness (QED) is 0.171. The molecule has 0 aromatic carbocycles. The molecule has 0 bridgehead atoms. The van der Waals surface area contributed by atoms with Gasteiger partial charge in [-0.1, -0.05) is 20.8 Å². The summed E-state index contributed by atoms with van der Waals surface area (Å²) in [5.41, 5.74) is 5.88. The van der Waals surface area contributed by atoms with Gasteiger partial charge in [-0.15, -0.1) is 0 Å². The minimum Gasteiger partial charge on any atom is 3.00 e. The second kappa shape index (κ2) is 13.4. The van der Waals surface area contributed by atoms with Gasteiger partial charge >= 0.3 is 40.0 Å². The summed E-state index contributed by atoms with van der Waals surface area (Å²) in [5, 5.41) is 0.0400. The van der Waals surface area contributed by atoms with Crippen molar-refractivity contribution in [2.45, 2.75) is 58.2 Å². The molecule has 12 heteroatoms. The van der Waals surface area contributed by atoms with Crippen LogP contribution in [-0.4, -0.2) is 43.2 Å². The van der Waals surface area contributed by atoms with Gasteiger partial charge in [0, 0.05) is 12.3 Å². The summed E-state index contributed by atoms with van der Waals surface area (Å²) < 4.78 is 26.7. The number of ether oxygens (including phenoxy) is 2. The average Bonchev–Trinajstić information content (AvgIpc) is 3.11. The van der Waals surface area contributed by atoms with Gasteiger partial charge in [0.05, 0.1) is 17.7 Å². The zero-order valence-electron chi connectivity index (χ0n) is 19.5. The van der Waals surface area contributed by atoms with E-state index in [2.05, 4.69) is 61.4 Å². The van der Waals surface area contributed by atoms with Crippen LogP contribution in [-0.2, 0) is 40.4 Å². The molecule has 2 heterocycles. The predicted molar refractivity (Wildman–Crippen MR) is 125 cm³/mol. The van der Waals surface area contributed by atoms with Crippen molar-refractivity contribution in [3.63, 3.8) is 0 Å². The Bertz CT molecular complexity index is 956. The second-order valence-electron chi connectivity index (χ2n) is 8.50. The summed E-state index contributed by atoms with van der Waals surface area (Å²) in [7, 11) is -2.02. The Morgan fingerprint density at radius 1 is 1.42 bits per heavy atom. The zero-order chi connectivity index (χ0) is 24.7. The number of nitrogens with zero attached hydrogens (tertiary/aromatic N) is 2. The Hall–Kier alpha value is -1.49. The van der Waals surface area contributed by atoms with Crippen molar-refractivity contribution in [2.24, 2.45) is 0 Å². The maximum Gasteiger partial charge on any atom is 3.00 e. The molecule has 1 radical (unpaired) electrons. The average molecular weight is 584 g/mol. The molecule has 2 rings (SSSR count). The maximum absolute atomic E-state index is 12.3. The first kappa shape index (κ1) is 31.5. The number of rotatable bonds is 7. The molecule has 1 aliphatic rings. The third-order valence-corrected chi connectivity index (χ3v) is 10.4. The van der Waals surface area contributed by atoms with E-state index in [1.54, 1.807) is 19.1 Å². The molecule has 0 saturated carbocycles. The third-order valence-electron chi connectivity index (χ3n) is 5.32. The van der Waals surface area contributed by atoms with Crippen LogP contribution in [0, 0.1) is 6.65 Å². The van der Waals surface area contributed by atoms with Crippen LogP contribution in [0.15, 0.2) is 39.3 Å². The Morgan fingerprint density at radius 2 is 2.03 bits per heavy atom. The van der Waals surface area contributed by atoms with Crippen LogP contribution >= 0.6 is 15.9 Å². The Morgan fingerprint density at radius 3 is 2.58 bits per heavy atom. The molecule has 1 aromatic heterocycles. The van der Waals surface area contributed by atoms with Gasteiger partial charge in [-0.2, -0.15) is 4.98 Å². The van der Waals surface area contributed by atoms with Gasteiger partial charge in [0.25, 0.3) is 0 Å². The monoisotopic (exact) mass is 583 g/mol. The molecule has 0 saturated heterocycles. The fourth-order valence-electron chi connectivity index (χ4n) is 2.50. The van der Waals surface area contributed by atoms with Crippen molar-refractivity contribution in [1.29, 1.82) is 0 Å². The predicted octanol–water partition coefficient (Wildman–Crippen LogP) is 3.51. The minimum absolute atomic E-state index is 0. The van der Waals surface area contributed by atoms with E-state index in [-0.39, 0.29) is 27.9 Å². The molecular formula is C21H30BrFeN3O6Si+3. The normalized spacial score (nSPS) is 18.2. The van der Waals surface area contributed by atoms with Crippen molar-refractivity contribution >= 4 is 36.0 Å². The number of nitrogen functional groups attached to an aromatic ring is 1. The molecule has 1 aliphatic heterocycles. The number of hydrogen-bond acceptors (Lipinski definition) is 7. The van der Waals surface area contributed by atoms with E-state index in [0.717, 1.165) is 5.57 Å². The molecule has 33 heavy (non-hydrogen) atoms. The SMILES string of the molecule is CCOC(=O)/C=C/C1=C[C@H](n2cc(Br)c(N)nc2=O)O[C@@H]1CO[Si](C)(C)C(C)(C)C.[C-]#[O+].[Fe+3]. The number of aromatic nitrogens is 2. The van der Waals surface area contributed by atoms with Gasteiger partial charge in [-0.3, -0.25) is 4.57 Å². The van der Waals surface area contributed by atoms with E-state index in [1.807, 2.05) is 0 Å². The minimum atomic E-state index is -2.02. The van der Waals surface area contributed by atoms with E-state index >= 15 is 0 Å². The van der Waals surface area contributed by atoms with E-state index < -0.39 is 32.3 Å². The van der Waals surface area contributed by atoms with E-state index in [4.69, 9.17) is 24.3 Å². The van der Waals surface area contributed by atoms with Crippen molar-refractivity contribution < 1.29 is 40.4 Å². The van der Waals surface area contributed by atoms with Crippen molar-refractivity contribution in [3.05, 3.63) is 51.6 Å². The zero-order valence-corrected chi connectivity index (χ0v) is 23.2. The van der Waals surface area contributed by atoms with Crippen molar-refractivity contribution in [3.8, 4) is 0 Å². The largest absolute Gasteiger partial charge is 3.00 e. The molecular weight excluding hydrogens is 554 g/mol. The van der Waals surface area contributed by atoms with E-state index in [0.29, 0.717) is 17.7 Å². The summed E-state index contributed by atoms with van der Waals surface area (Å²) in [6.45, 7) is 17.6. The molecule has 0 spiro atoms. The molecule has 1 aromatic rings. The van der Waals surface area contributed by atoms with Gasteiger partial charge in [0.15, 0.2) is 14.5 Å². The Labute approximate surface area is 214 Å². The van der Waals surface area contributed by atoms with Crippen LogP contribution in [0.4, 0.5) is 5.82 Å². The first-order chi connectivity index (χ1) is 14.9. The maximum atomic E-state index is 12.3.